The van der Waals surface area contributed by atoms with Gasteiger partial charge in [-0.15, -0.1) is 11.3 Å². The van der Waals surface area contributed by atoms with E-state index in [4.69, 9.17) is 9.72 Å². The standard InChI is InChI=1S/C25H29N5O2S2/c31-25(29-18-5-6-18)28-17-3-1-15(2-4-17)16-11-19(22-14-27-8-10-33-22)23-21(12-16)34-24(30-23)20-13-26-7-9-32-20/h1-4,11-12,18,20,22,26-27H,5-10,13-14H2,(H2,28,29,31). The normalized spacial score (nSPS) is 23.1. The minimum atomic E-state index is -0.127. The number of carbonyl (C=O) groups is 1. The van der Waals surface area contributed by atoms with Gasteiger partial charge in [0.25, 0.3) is 0 Å². The summed E-state index contributed by atoms with van der Waals surface area (Å²) in [4.78, 5) is 17.1. The molecule has 2 amide bonds. The monoisotopic (exact) mass is 495 g/mol. The highest BCUT2D eigenvalue weighted by molar-refractivity contribution is 7.99. The van der Waals surface area contributed by atoms with Crippen LogP contribution in [0, 0.1) is 0 Å². The van der Waals surface area contributed by atoms with Crippen molar-refractivity contribution in [3.8, 4) is 11.1 Å². The number of amides is 2. The molecule has 1 aromatic heterocycles. The molecule has 1 aliphatic carbocycles. The number of nitrogens with zero attached hydrogens (tertiary/aromatic N) is 1. The van der Waals surface area contributed by atoms with Crippen molar-refractivity contribution < 1.29 is 9.53 Å². The van der Waals surface area contributed by atoms with E-state index in [-0.39, 0.29) is 12.1 Å². The Labute approximate surface area is 207 Å². The SMILES string of the molecule is O=C(Nc1ccc(-c2cc(C3CNCCS3)c3nc(C4CNCCO4)sc3c2)cc1)NC1CC1. The first-order valence-corrected chi connectivity index (χ1v) is 13.9. The second-order valence-electron chi connectivity index (χ2n) is 9.04. The third kappa shape index (κ3) is 4.94. The van der Waals surface area contributed by atoms with Crippen LogP contribution in [-0.2, 0) is 4.74 Å². The van der Waals surface area contributed by atoms with E-state index in [1.165, 1.54) is 15.8 Å². The number of anilines is 1. The Morgan fingerprint density at radius 3 is 2.65 bits per heavy atom. The topological polar surface area (TPSA) is 87.3 Å². The van der Waals surface area contributed by atoms with Gasteiger partial charge in [0.1, 0.15) is 11.1 Å². The number of thioether (sulfide) groups is 1. The maximum Gasteiger partial charge on any atom is 0.319 e. The zero-order valence-corrected chi connectivity index (χ0v) is 20.6. The molecule has 3 aromatic rings. The van der Waals surface area contributed by atoms with E-state index in [9.17, 15) is 4.79 Å². The quantitative estimate of drug-likeness (QED) is 0.423. The van der Waals surface area contributed by atoms with E-state index in [0.29, 0.717) is 11.3 Å². The van der Waals surface area contributed by atoms with Crippen molar-refractivity contribution in [2.24, 2.45) is 0 Å². The van der Waals surface area contributed by atoms with Crippen molar-refractivity contribution in [1.29, 1.82) is 0 Å². The lowest BCUT2D eigenvalue weighted by atomic mass is 10.00. The fourth-order valence-corrected chi connectivity index (χ4v) is 6.67. The molecule has 0 bridgehead atoms. The molecule has 2 aliphatic heterocycles. The summed E-state index contributed by atoms with van der Waals surface area (Å²) in [6.45, 7) is 4.44. The van der Waals surface area contributed by atoms with Gasteiger partial charge in [-0.25, -0.2) is 9.78 Å². The zero-order chi connectivity index (χ0) is 22.9. The minimum absolute atomic E-state index is 0.0201. The number of aromatic nitrogens is 1. The number of fused-ring (bicyclic) bond motifs is 1. The first-order chi connectivity index (χ1) is 16.7. The lowest BCUT2D eigenvalue weighted by molar-refractivity contribution is 0.0277. The number of nitrogens with one attached hydrogen (secondary N) is 4. The van der Waals surface area contributed by atoms with Gasteiger partial charge in [-0.2, -0.15) is 11.8 Å². The number of rotatable bonds is 5. The van der Waals surface area contributed by atoms with Gasteiger partial charge in [-0.3, -0.25) is 0 Å². The molecule has 7 nitrogen and oxygen atoms in total. The summed E-state index contributed by atoms with van der Waals surface area (Å²) in [5.41, 5.74) is 5.52. The summed E-state index contributed by atoms with van der Waals surface area (Å²) in [6.07, 6.45) is 2.18. The molecule has 2 unspecified atom stereocenters. The Balaban J connectivity index is 1.31. The van der Waals surface area contributed by atoms with Crippen molar-refractivity contribution in [2.45, 2.75) is 30.2 Å². The molecule has 4 N–H and O–H groups in total. The Morgan fingerprint density at radius 1 is 1.06 bits per heavy atom. The lowest BCUT2D eigenvalue weighted by Gasteiger charge is -2.23. The average Bonchev–Trinajstić information content (AvgIpc) is 3.58. The molecule has 178 valence electrons. The molecule has 2 atom stereocenters. The molecule has 6 rings (SSSR count). The predicted molar refractivity (Wildman–Crippen MR) is 140 cm³/mol. The Bertz CT molecular complexity index is 1170. The van der Waals surface area contributed by atoms with E-state index >= 15 is 0 Å². The van der Waals surface area contributed by atoms with Crippen LogP contribution >= 0.6 is 23.1 Å². The number of carbonyl (C=O) groups excluding carboxylic acids is 1. The second kappa shape index (κ2) is 9.83. The largest absolute Gasteiger partial charge is 0.368 e. The van der Waals surface area contributed by atoms with Crippen LogP contribution in [0.2, 0.25) is 0 Å². The molecule has 9 heteroatoms. The first kappa shape index (κ1) is 22.3. The molecular weight excluding hydrogens is 466 g/mol. The molecule has 1 saturated carbocycles. The van der Waals surface area contributed by atoms with Gasteiger partial charge >= 0.3 is 6.03 Å². The number of thiazole rings is 1. The number of morpholine rings is 1. The lowest BCUT2D eigenvalue weighted by Crippen LogP contribution is -2.33. The molecule has 2 saturated heterocycles. The highest BCUT2D eigenvalue weighted by atomic mass is 32.2. The van der Waals surface area contributed by atoms with Gasteiger partial charge in [0.2, 0.25) is 0 Å². The van der Waals surface area contributed by atoms with Crippen LogP contribution < -0.4 is 21.3 Å². The van der Waals surface area contributed by atoms with Gasteiger partial charge < -0.3 is 26.0 Å². The van der Waals surface area contributed by atoms with Gasteiger partial charge in [0.15, 0.2) is 0 Å². The summed E-state index contributed by atoms with van der Waals surface area (Å²) in [5, 5.41) is 14.3. The Hall–Kier alpha value is -2.17. The highest BCUT2D eigenvalue weighted by Crippen LogP contribution is 2.41. The second-order valence-corrected chi connectivity index (χ2v) is 11.4. The van der Waals surface area contributed by atoms with Crippen LogP contribution in [0.4, 0.5) is 10.5 Å². The molecule has 3 aliphatic rings. The van der Waals surface area contributed by atoms with E-state index in [1.54, 1.807) is 11.3 Å². The van der Waals surface area contributed by atoms with Crippen LogP contribution in [0.1, 0.15) is 34.8 Å². The van der Waals surface area contributed by atoms with Crippen molar-refractivity contribution in [3.63, 3.8) is 0 Å². The Kier molecular flexibility index (Phi) is 6.45. The van der Waals surface area contributed by atoms with E-state index < -0.39 is 0 Å². The summed E-state index contributed by atoms with van der Waals surface area (Å²) in [5.74, 6) is 1.10. The van der Waals surface area contributed by atoms with E-state index in [1.807, 2.05) is 23.9 Å². The molecular formula is C25H29N5O2S2. The van der Waals surface area contributed by atoms with Crippen LogP contribution in [-0.4, -0.2) is 55.6 Å². The fraction of sp³-hybridized carbons (Fsp3) is 0.440. The molecule has 0 radical (unpaired) electrons. The maximum atomic E-state index is 12.1. The van der Waals surface area contributed by atoms with Crippen LogP contribution in [0.25, 0.3) is 21.3 Å². The first-order valence-electron chi connectivity index (χ1n) is 12.0. The van der Waals surface area contributed by atoms with Crippen molar-refractivity contribution >= 4 is 45.0 Å². The van der Waals surface area contributed by atoms with Crippen molar-refractivity contribution in [2.75, 3.05) is 43.9 Å². The smallest absolute Gasteiger partial charge is 0.319 e. The van der Waals surface area contributed by atoms with Crippen molar-refractivity contribution in [3.05, 3.63) is 47.0 Å². The minimum Gasteiger partial charge on any atom is -0.368 e. The van der Waals surface area contributed by atoms with E-state index in [2.05, 4.69) is 45.5 Å². The number of hydrogen-bond donors (Lipinski definition) is 4. The molecule has 3 fully saturated rings. The number of benzene rings is 2. The van der Waals surface area contributed by atoms with Crippen molar-refractivity contribution in [1.82, 2.24) is 20.9 Å². The molecule has 34 heavy (non-hydrogen) atoms. The molecule has 0 spiro atoms. The van der Waals surface area contributed by atoms with Gasteiger partial charge in [-0.05, 0) is 53.8 Å². The van der Waals surface area contributed by atoms with Gasteiger partial charge in [-0.1, -0.05) is 12.1 Å². The average molecular weight is 496 g/mol. The zero-order valence-electron chi connectivity index (χ0n) is 18.9. The number of urea groups is 1. The third-order valence-corrected chi connectivity index (χ3v) is 8.76. The summed E-state index contributed by atoms with van der Waals surface area (Å²) in [7, 11) is 0. The maximum absolute atomic E-state index is 12.1. The third-order valence-electron chi connectivity index (χ3n) is 6.41. The Morgan fingerprint density at radius 2 is 1.91 bits per heavy atom. The number of hydrogen-bond acceptors (Lipinski definition) is 7. The molecule has 2 aromatic carbocycles. The summed E-state index contributed by atoms with van der Waals surface area (Å²) in [6, 6.07) is 12.9. The predicted octanol–water partition coefficient (Wildman–Crippen LogP) is 4.29. The fourth-order valence-electron chi connectivity index (χ4n) is 4.44. The summed E-state index contributed by atoms with van der Waals surface area (Å²) < 4.78 is 7.20. The number of ether oxygens (including phenoxy) is 1. The van der Waals surface area contributed by atoms with Gasteiger partial charge in [0, 0.05) is 48.9 Å². The van der Waals surface area contributed by atoms with E-state index in [0.717, 1.165) is 73.2 Å². The summed E-state index contributed by atoms with van der Waals surface area (Å²) >= 11 is 3.75. The van der Waals surface area contributed by atoms with Crippen LogP contribution in [0.3, 0.4) is 0 Å². The molecule has 3 heterocycles. The van der Waals surface area contributed by atoms with Crippen LogP contribution in [0.15, 0.2) is 36.4 Å². The van der Waals surface area contributed by atoms with Crippen LogP contribution in [0.5, 0.6) is 0 Å². The van der Waals surface area contributed by atoms with Gasteiger partial charge in [0.05, 0.1) is 16.8 Å². The highest BCUT2D eigenvalue weighted by Gasteiger charge is 2.25.